The molecule has 0 N–H and O–H groups in total. The second-order valence-corrected chi connectivity index (χ2v) is 6.96. The number of halogens is 1. The normalized spacial score (nSPS) is 11.2. The van der Waals surface area contributed by atoms with Crippen molar-refractivity contribution in [1.29, 1.82) is 0 Å². The van der Waals surface area contributed by atoms with E-state index in [2.05, 4.69) is 18.1 Å². The first-order valence-corrected chi connectivity index (χ1v) is 9.51. The van der Waals surface area contributed by atoms with E-state index in [4.69, 9.17) is 21.3 Å². The maximum absolute atomic E-state index is 6.29. The van der Waals surface area contributed by atoms with Crippen LogP contribution in [-0.2, 0) is 4.74 Å². The molecule has 0 fully saturated rings. The first-order chi connectivity index (χ1) is 12.7. The third-order valence-corrected chi connectivity index (χ3v) is 5.08. The Morgan fingerprint density at radius 3 is 2.73 bits per heavy atom. The topological polar surface area (TPSA) is 37.7 Å². The van der Waals surface area contributed by atoms with Crippen molar-refractivity contribution in [3.63, 3.8) is 0 Å². The lowest BCUT2D eigenvalue weighted by atomic mass is 10.1. The smallest absolute Gasteiger partial charge is 0.206 e. The number of thiazole rings is 1. The molecule has 0 saturated heterocycles. The summed E-state index contributed by atoms with van der Waals surface area (Å²) < 4.78 is 5.22. The predicted molar refractivity (Wildman–Crippen MR) is 111 cm³/mol. The van der Waals surface area contributed by atoms with Gasteiger partial charge in [0, 0.05) is 23.1 Å². The number of anilines is 1. The summed E-state index contributed by atoms with van der Waals surface area (Å²) in [5.74, 6) is 0. The van der Waals surface area contributed by atoms with E-state index in [-0.39, 0.29) is 0 Å². The maximum atomic E-state index is 6.29. The molecule has 0 bridgehead atoms. The monoisotopic (exact) mass is 385 g/mol. The number of hydrazone groups is 1. The quantitative estimate of drug-likeness (QED) is 0.411. The van der Waals surface area contributed by atoms with Gasteiger partial charge in [-0.25, -0.2) is 9.99 Å². The number of aryl methyl sites for hydroxylation is 1. The van der Waals surface area contributed by atoms with Gasteiger partial charge in [0.2, 0.25) is 5.13 Å². The summed E-state index contributed by atoms with van der Waals surface area (Å²) in [6.07, 6.45) is 1.86. The Hall–Kier alpha value is -2.21. The fourth-order valence-corrected chi connectivity index (χ4v) is 3.46. The highest BCUT2D eigenvalue weighted by molar-refractivity contribution is 7.14. The maximum Gasteiger partial charge on any atom is 0.206 e. The molecule has 4 nitrogen and oxygen atoms in total. The number of rotatable bonds is 7. The van der Waals surface area contributed by atoms with Crippen LogP contribution in [0.4, 0.5) is 5.13 Å². The number of hydrogen-bond acceptors (Lipinski definition) is 5. The molecule has 0 aliphatic heterocycles. The SMILES string of the molecule is COCCN(/N=C/c1ccccc1C)c1nc(-c2ccccc2Cl)cs1. The molecule has 0 aliphatic rings. The van der Waals surface area contributed by atoms with Crippen LogP contribution in [0.15, 0.2) is 59.0 Å². The fourth-order valence-electron chi connectivity index (χ4n) is 2.42. The van der Waals surface area contributed by atoms with Gasteiger partial charge in [0.1, 0.15) is 0 Å². The van der Waals surface area contributed by atoms with E-state index in [1.54, 1.807) is 7.11 Å². The van der Waals surface area contributed by atoms with Gasteiger partial charge in [-0.05, 0) is 24.1 Å². The van der Waals surface area contributed by atoms with Crippen molar-refractivity contribution < 1.29 is 4.74 Å². The van der Waals surface area contributed by atoms with Crippen LogP contribution in [0.25, 0.3) is 11.3 Å². The minimum atomic E-state index is 0.562. The zero-order chi connectivity index (χ0) is 18.4. The number of nitrogens with zero attached hydrogens (tertiary/aromatic N) is 3. The minimum absolute atomic E-state index is 0.562. The lowest BCUT2D eigenvalue weighted by Gasteiger charge is -2.15. The molecule has 6 heteroatoms. The summed E-state index contributed by atoms with van der Waals surface area (Å²) >= 11 is 7.83. The third kappa shape index (κ3) is 4.49. The standard InChI is InChI=1S/C20H20ClN3OS/c1-15-7-3-4-8-16(15)13-22-24(11-12-25-2)20-23-19(14-26-20)17-9-5-6-10-18(17)21/h3-10,13-14H,11-12H2,1-2H3/b22-13+. The molecule has 3 aromatic rings. The summed E-state index contributed by atoms with van der Waals surface area (Å²) in [6.45, 7) is 3.25. The fraction of sp³-hybridized carbons (Fsp3) is 0.200. The summed E-state index contributed by atoms with van der Waals surface area (Å²) in [6, 6.07) is 15.9. The van der Waals surface area contributed by atoms with Gasteiger partial charge in [-0.3, -0.25) is 0 Å². The second kappa shape index (κ2) is 8.94. The molecule has 0 aliphatic carbocycles. The van der Waals surface area contributed by atoms with E-state index in [9.17, 15) is 0 Å². The molecule has 134 valence electrons. The van der Waals surface area contributed by atoms with E-state index in [1.807, 2.05) is 59.1 Å². The highest BCUT2D eigenvalue weighted by Crippen LogP contribution is 2.31. The molecule has 3 rings (SSSR count). The summed E-state index contributed by atoms with van der Waals surface area (Å²) in [4.78, 5) is 4.72. The van der Waals surface area contributed by atoms with Gasteiger partial charge in [0.05, 0.1) is 25.1 Å². The highest BCUT2D eigenvalue weighted by atomic mass is 35.5. The Bertz CT molecular complexity index is 894. The van der Waals surface area contributed by atoms with E-state index in [0.29, 0.717) is 18.2 Å². The molecule has 0 atom stereocenters. The first kappa shape index (κ1) is 18.6. The molecular formula is C20H20ClN3OS. The van der Waals surface area contributed by atoms with E-state index < -0.39 is 0 Å². The van der Waals surface area contributed by atoms with E-state index >= 15 is 0 Å². The van der Waals surface area contributed by atoms with Gasteiger partial charge in [-0.2, -0.15) is 5.10 Å². The van der Waals surface area contributed by atoms with Crippen molar-refractivity contribution in [1.82, 2.24) is 4.98 Å². The zero-order valence-corrected chi connectivity index (χ0v) is 16.3. The van der Waals surface area contributed by atoms with Crippen molar-refractivity contribution in [2.45, 2.75) is 6.92 Å². The van der Waals surface area contributed by atoms with Gasteiger partial charge in [-0.1, -0.05) is 54.1 Å². The van der Waals surface area contributed by atoms with Crippen LogP contribution in [0.1, 0.15) is 11.1 Å². The van der Waals surface area contributed by atoms with Crippen molar-refractivity contribution in [3.8, 4) is 11.3 Å². The highest BCUT2D eigenvalue weighted by Gasteiger charge is 2.13. The van der Waals surface area contributed by atoms with Gasteiger partial charge in [-0.15, -0.1) is 11.3 Å². The van der Waals surface area contributed by atoms with Crippen LogP contribution >= 0.6 is 22.9 Å². The lowest BCUT2D eigenvalue weighted by molar-refractivity contribution is 0.205. The Morgan fingerprint density at radius 2 is 1.96 bits per heavy atom. The van der Waals surface area contributed by atoms with Crippen LogP contribution in [-0.4, -0.2) is 31.5 Å². The number of ether oxygens (including phenoxy) is 1. The number of hydrogen-bond donors (Lipinski definition) is 0. The average molecular weight is 386 g/mol. The van der Waals surface area contributed by atoms with Crippen LogP contribution in [0, 0.1) is 6.92 Å². The summed E-state index contributed by atoms with van der Waals surface area (Å²) in [5.41, 5.74) is 4.03. The zero-order valence-electron chi connectivity index (χ0n) is 14.7. The van der Waals surface area contributed by atoms with Crippen LogP contribution in [0.2, 0.25) is 5.02 Å². The van der Waals surface area contributed by atoms with Crippen molar-refractivity contribution in [2.24, 2.45) is 5.10 Å². The van der Waals surface area contributed by atoms with Crippen molar-refractivity contribution in [3.05, 3.63) is 70.1 Å². The predicted octanol–water partition coefficient (Wildman–Crippen LogP) is 5.26. The van der Waals surface area contributed by atoms with Gasteiger partial charge >= 0.3 is 0 Å². The largest absolute Gasteiger partial charge is 0.383 e. The number of benzene rings is 2. The molecule has 0 unspecified atom stereocenters. The minimum Gasteiger partial charge on any atom is -0.383 e. The third-order valence-electron chi connectivity index (χ3n) is 3.89. The first-order valence-electron chi connectivity index (χ1n) is 8.25. The molecule has 0 amide bonds. The summed E-state index contributed by atoms with van der Waals surface area (Å²) in [5, 5.41) is 10.00. The summed E-state index contributed by atoms with van der Waals surface area (Å²) in [7, 11) is 1.68. The number of aromatic nitrogens is 1. The van der Waals surface area contributed by atoms with Crippen LogP contribution in [0.3, 0.4) is 0 Å². The van der Waals surface area contributed by atoms with Gasteiger partial charge in [0.25, 0.3) is 0 Å². The molecule has 0 radical (unpaired) electrons. The molecule has 26 heavy (non-hydrogen) atoms. The van der Waals surface area contributed by atoms with Crippen molar-refractivity contribution >= 4 is 34.3 Å². The molecule has 1 heterocycles. The van der Waals surface area contributed by atoms with Crippen molar-refractivity contribution in [2.75, 3.05) is 25.3 Å². The molecular weight excluding hydrogens is 366 g/mol. The Balaban J connectivity index is 1.86. The van der Waals surface area contributed by atoms with Crippen LogP contribution in [0.5, 0.6) is 0 Å². The number of methoxy groups -OCH3 is 1. The Morgan fingerprint density at radius 1 is 1.19 bits per heavy atom. The second-order valence-electron chi connectivity index (χ2n) is 5.71. The van der Waals surface area contributed by atoms with E-state index in [0.717, 1.165) is 22.0 Å². The Labute approximate surface area is 162 Å². The molecule has 0 saturated carbocycles. The van der Waals surface area contributed by atoms with Gasteiger partial charge in [0.15, 0.2) is 0 Å². The Kier molecular flexibility index (Phi) is 6.39. The molecule has 1 aromatic heterocycles. The van der Waals surface area contributed by atoms with Crippen LogP contribution < -0.4 is 5.01 Å². The molecule has 2 aromatic carbocycles. The van der Waals surface area contributed by atoms with E-state index in [1.165, 1.54) is 16.9 Å². The van der Waals surface area contributed by atoms with Gasteiger partial charge < -0.3 is 4.74 Å². The lowest BCUT2D eigenvalue weighted by Crippen LogP contribution is -2.21. The molecule has 0 spiro atoms. The average Bonchev–Trinajstić information content (AvgIpc) is 3.13.